The van der Waals surface area contributed by atoms with Crippen molar-refractivity contribution in [1.82, 2.24) is 37.2 Å². The summed E-state index contributed by atoms with van der Waals surface area (Å²) in [5, 5.41) is 116. The predicted octanol–water partition coefficient (Wildman–Crippen LogP) is 8.04. The van der Waals surface area contributed by atoms with Crippen molar-refractivity contribution in [2.24, 2.45) is 53.1 Å². The van der Waals surface area contributed by atoms with Crippen molar-refractivity contribution in [3.63, 3.8) is 0 Å². The number of fused-ring (bicyclic) bond motifs is 15. The number of urea groups is 1. The van der Waals surface area contributed by atoms with E-state index in [4.69, 9.17) is 57.4 Å². The zero-order chi connectivity index (χ0) is 87.2. The summed E-state index contributed by atoms with van der Waals surface area (Å²) in [6.45, 7) is 6.81. The van der Waals surface area contributed by atoms with Crippen LogP contribution in [-0.2, 0) is 43.1 Å². The van der Waals surface area contributed by atoms with Crippen LogP contribution in [0.25, 0.3) is 11.1 Å². The van der Waals surface area contributed by atoms with Gasteiger partial charge in [0.05, 0.1) is 35.1 Å². The van der Waals surface area contributed by atoms with E-state index in [0.717, 1.165) is 62.4 Å². The van der Waals surface area contributed by atoms with E-state index in [1.807, 2.05) is 13.8 Å². The maximum Gasteiger partial charge on any atom is 0.325 e. The first-order valence-electron chi connectivity index (χ1n) is 41.4. The van der Waals surface area contributed by atoms with Crippen LogP contribution in [0.1, 0.15) is 162 Å². The molecule has 5 fully saturated rings. The van der Waals surface area contributed by atoms with E-state index >= 15 is 28.8 Å². The van der Waals surface area contributed by atoms with Gasteiger partial charge in [0.25, 0.3) is 0 Å². The van der Waals surface area contributed by atoms with Crippen LogP contribution in [0.15, 0.2) is 97.1 Å². The summed E-state index contributed by atoms with van der Waals surface area (Å²) in [5.41, 5.74) is 4.53. The number of carbonyl (C=O) groups is 9. The lowest BCUT2D eigenvalue weighted by molar-refractivity contribution is -0.270. The number of rotatable bonds is 24. The first-order chi connectivity index (χ1) is 58.4. The monoisotopic (exact) mass is 1730 g/mol. The minimum absolute atomic E-state index is 0.0477. The standard InChI is InChI=1S/C88H105Cl2N9O23/c1-6-43(19-40(2)3)83(112)98-75-63(103)28-50(31-71(106)95-88(116)94-51-32-53(117-17-7-15-92-4)36-54(33-51)118-18-8-16-93-5)84(113)96-73-49-29-68(119-66-13-10-45(77(75)107)26-59(66)89)82(122-87-81(111)80(110)79(109)70(39-91)121-87)69(30-49)120-67-14-11-46(27-60(67)90)78(108)76-86(115)97-74(65(105)37-55-47-21-41-20-42(23-47)24-48(55)22-41)58-34-52(100)35-62(102)72(58)57-25-44(9-12-61(57)101)56(38-64(73)104)85(114)99-76/h9-14,25-27,29-30,32-36,40-43,47-48,50,55-56,70,73-81,87,92-93,100-102,107-111H,6-8,15-24,28,31,37-39,91H2,1-5H3,(H,96,113)(H,97,115)(H,98,112)(H,99,114)(H2,94,95,106,116)/t41?,42?,43-,47?,48?,50+,55?,56-,70-,73-,74+,75+,76+,77-,78-,79-,80+,81-,87+/m1/s1. The molecule has 7 amide bonds. The highest BCUT2D eigenvalue weighted by molar-refractivity contribution is 6.32. The van der Waals surface area contributed by atoms with Gasteiger partial charge in [-0.2, -0.15) is 0 Å². The van der Waals surface area contributed by atoms with Crippen LogP contribution in [0.2, 0.25) is 10.0 Å². The van der Waals surface area contributed by atoms with Gasteiger partial charge in [0.2, 0.25) is 41.6 Å². The first kappa shape index (κ1) is 89.5. The Labute approximate surface area is 713 Å². The number of Topliss-reactive ketones (excluding diaryl/α,β-unsaturated/α-hetero) is 3. The number of nitrogens with two attached hydrogens (primary N) is 1. The number of hydrogen-bond acceptors (Lipinski definition) is 26. The van der Waals surface area contributed by atoms with Gasteiger partial charge in [0.15, 0.2) is 28.8 Å². The summed E-state index contributed by atoms with van der Waals surface area (Å²) in [6.07, 6.45) is -10.2. The quantitative estimate of drug-likeness (QED) is 0.0255. The summed E-state index contributed by atoms with van der Waals surface area (Å²) < 4.78 is 37.9. The molecule has 14 atom stereocenters. The molecule has 0 spiro atoms. The fraction of sp³-hybridized carbons (Fsp3) is 0.489. The first-order valence-corrected chi connectivity index (χ1v) is 42.2. The fourth-order valence-electron chi connectivity index (χ4n) is 18.3. The van der Waals surface area contributed by atoms with E-state index in [2.05, 4.69) is 42.5 Å². The van der Waals surface area contributed by atoms with Gasteiger partial charge in [-0.05, 0) is 203 Å². The number of hydrogen-bond donors (Lipinski definition) is 17. The molecule has 6 aromatic carbocycles. The Bertz CT molecular complexity index is 4880. The number of ketones is 3. The van der Waals surface area contributed by atoms with Crippen molar-refractivity contribution in [3.8, 4) is 68.6 Å². The molecule has 0 unspecified atom stereocenters. The SMILES string of the molecule is CC[C@H](CC(C)C)C(=O)N[C@H]1C(=O)C[C@@H](CC(=O)NC(=O)Nc2cc(OCCCNC)cc(OCCCNC)c2)C(=O)N[C@H]2C(=O)C[C@H]3C(=O)N[C@H](C(=O)N[C@H](C(=O)CC4C5CC6CC(C5)CC4C6)c4cc(O)cc(O)c4-c4cc3ccc4O)[C@H](O)c3ccc(c(Cl)c3)Oc3cc2cc(c3O[C@@H]2O[C@H](CN)[C@@H](O)[C@H](O)[C@H]2O)Oc2ccc(cc2Cl)[C@H]1O. The molecule has 6 heterocycles. The number of phenolic OH excluding ortho intramolecular Hbond substituents is 3. The van der Waals surface area contributed by atoms with Crippen LogP contribution < -0.4 is 72.0 Å². The third-order valence-electron chi connectivity index (χ3n) is 24.3. The van der Waals surface area contributed by atoms with Crippen molar-refractivity contribution >= 4 is 81.8 Å². The minimum atomic E-state index is -2.23. The molecule has 1 saturated heterocycles. The molecule has 122 heavy (non-hydrogen) atoms. The molecule has 34 heteroatoms. The molecule has 10 aliphatic rings. The maximum absolute atomic E-state index is 16.7. The number of aliphatic hydroxyl groups is 5. The minimum Gasteiger partial charge on any atom is -0.508 e. The van der Waals surface area contributed by atoms with E-state index in [1.54, 1.807) is 27.1 Å². The van der Waals surface area contributed by atoms with Gasteiger partial charge in [-0.3, -0.25) is 43.7 Å². The molecule has 4 aliphatic carbocycles. The molecule has 0 aromatic heterocycles. The smallest absolute Gasteiger partial charge is 0.325 e. The summed E-state index contributed by atoms with van der Waals surface area (Å²) in [4.78, 5) is 140. The van der Waals surface area contributed by atoms with E-state index in [9.17, 15) is 55.2 Å². The van der Waals surface area contributed by atoms with Crippen molar-refractivity contribution in [1.29, 1.82) is 0 Å². The number of anilines is 1. The molecule has 16 rings (SSSR count). The average Bonchev–Trinajstić information content (AvgIpc) is 0.755. The number of amides is 7. The molecule has 18 N–H and O–H groups in total. The van der Waals surface area contributed by atoms with Crippen LogP contribution in [-0.4, -0.2) is 184 Å². The second-order valence-corrected chi connectivity index (χ2v) is 34.2. The summed E-state index contributed by atoms with van der Waals surface area (Å²) in [7, 11) is 3.57. The Morgan fingerprint density at radius 1 is 0.631 bits per heavy atom. The largest absolute Gasteiger partial charge is 0.508 e. The third-order valence-corrected chi connectivity index (χ3v) is 24.9. The third kappa shape index (κ3) is 20.3. The van der Waals surface area contributed by atoms with Gasteiger partial charge >= 0.3 is 6.03 Å². The van der Waals surface area contributed by atoms with Crippen LogP contribution in [0.5, 0.6) is 57.5 Å². The lowest BCUT2D eigenvalue weighted by Gasteiger charge is -2.54. The topological polar surface area (TPSA) is 493 Å². The van der Waals surface area contributed by atoms with E-state index in [1.165, 1.54) is 60.7 Å². The number of benzene rings is 6. The highest BCUT2D eigenvalue weighted by Gasteiger charge is 2.51. The number of carbonyl (C=O) groups excluding carboxylic acids is 9. The van der Waals surface area contributed by atoms with Gasteiger partial charge in [0, 0.05) is 79.2 Å². The van der Waals surface area contributed by atoms with Gasteiger partial charge in [-0.1, -0.05) is 62.2 Å². The molecule has 6 aliphatic heterocycles. The van der Waals surface area contributed by atoms with Gasteiger partial charge in [0.1, 0.15) is 101 Å². The highest BCUT2D eigenvalue weighted by Crippen LogP contribution is 2.58. The van der Waals surface area contributed by atoms with Crippen LogP contribution in [0.3, 0.4) is 0 Å². The molecule has 4 saturated carbocycles. The summed E-state index contributed by atoms with van der Waals surface area (Å²) in [6, 6.07) is 10.6. The van der Waals surface area contributed by atoms with Crippen molar-refractivity contribution < 1.29 is 112 Å². The molecule has 32 nitrogen and oxygen atoms in total. The number of aromatic hydroxyl groups is 3. The Morgan fingerprint density at radius 3 is 1.84 bits per heavy atom. The van der Waals surface area contributed by atoms with Crippen LogP contribution >= 0.6 is 23.2 Å². The number of phenols is 3. The number of aliphatic hydroxyl groups excluding tert-OH is 5. The molecular weight excluding hydrogens is 1620 g/mol. The number of imide groups is 1. The molecule has 6 aromatic rings. The Morgan fingerprint density at radius 2 is 1.25 bits per heavy atom. The van der Waals surface area contributed by atoms with Crippen molar-refractivity contribution in [3.05, 3.63) is 135 Å². The Hall–Kier alpha value is -10.2. The van der Waals surface area contributed by atoms with Gasteiger partial charge in [-0.15, -0.1) is 0 Å². The molecule has 0 radical (unpaired) electrons. The fourth-order valence-corrected chi connectivity index (χ4v) is 18.8. The summed E-state index contributed by atoms with van der Waals surface area (Å²) in [5.74, 6) is -15.5. The molecule has 654 valence electrons. The van der Waals surface area contributed by atoms with Crippen LogP contribution in [0.4, 0.5) is 10.5 Å². The molecule has 15 bridgehead atoms. The molecular formula is C88H105Cl2N9O23. The second kappa shape index (κ2) is 39.1. The van der Waals surface area contributed by atoms with E-state index < -0.39 is 198 Å². The average molecular weight is 1730 g/mol. The second-order valence-electron chi connectivity index (χ2n) is 33.4. The highest BCUT2D eigenvalue weighted by atomic mass is 35.5. The number of nitrogens with one attached hydrogen (secondary N) is 8. The van der Waals surface area contributed by atoms with E-state index in [-0.39, 0.29) is 127 Å². The lowest BCUT2D eigenvalue weighted by Crippen LogP contribution is -2.60. The Kier molecular flexibility index (Phi) is 28.7. The number of halogens is 2. The Balaban J connectivity index is 0.976. The zero-order valence-corrected chi connectivity index (χ0v) is 69.6. The maximum atomic E-state index is 16.7. The van der Waals surface area contributed by atoms with Gasteiger partial charge in [-0.25, -0.2) is 4.79 Å². The zero-order valence-electron chi connectivity index (χ0n) is 68.0. The van der Waals surface area contributed by atoms with E-state index in [0.29, 0.717) is 44.2 Å². The number of ether oxygens (including phenoxy) is 6. The predicted molar refractivity (Wildman–Crippen MR) is 443 cm³/mol. The van der Waals surface area contributed by atoms with Crippen molar-refractivity contribution in [2.75, 3.05) is 52.3 Å². The van der Waals surface area contributed by atoms with Crippen LogP contribution in [0, 0.1) is 47.3 Å². The summed E-state index contributed by atoms with van der Waals surface area (Å²) >= 11 is 14.4. The lowest BCUT2D eigenvalue weighted by atomic mass is 9.51. The van der Waals surface area contributed by atoms with Crippen molar-refractivity contribution in [2.45, 2.75) is 177 Å². The van der Waals surface area contributed by atoms with Gasteiger partial charge < -0.3 is 112 Å². The normalized spacial score (nSPS) is 27.1.